The molecule has 0 aliphatic carbocycles. The van der Waals surface area contributed by atoms with Gasteiger partial charge in [0.1, 0.15) is 0 Å². The molecule has 1 aromatic carbocycles. The summed E-state index contributed by atoms with van der Waals surface area (Å²) < 4.78 is 0. The van der Waals surface area contributed by atoms with E-state index in [0.29, 0.717) is 5.02 Å². The third-order valence-corrected chi connectivity index (χ3v) is 1.53. The Labute approximate surface area is 81.1 Å². The number of benzene rings is 1. The third-order valence-electron chi connectivity index (χ3n) is 1.19. The van der Waals surface area contributed by atoms with Gasteiger partial charge in [-0.05, 0) is 29.9 Å². The average Bonchev–Trinajstić information content (AvgIpc) is 2.01. The largest absolute Gasteiger partial charge is 0.374 e. The van der Waals surface area contributed by atoms with Crippen molar-refractivity contribution in [1.82, 2.24) is 0 Å². The Hall–Kier alpha value is -0.930. The number of halogens is 1. The molecule has 0 heterocycles. The van der Waals surface area contributed by atoms with Crippen LogP contribution in [0.3, 0.4) is 0 Å². The maximum atomic E-state index is 5.73. The Morgan fingerprint density at radius 2 is 2.33 bits per heavy atom. The highest BCUT2D eigenvalue weighted by Gasteiger charge is 1.88. The molecule has 12 heavy (non-hydrogen) atoms. The summed E-state index contributed by atoms with van der Waals surface area (Å²) in [6.07, 6.45) is 1.58. The summed E-state index contributed by atoms with van der Waals surface area (Å²) in [7, 11) is 0. The minimum Gasteiger partial charge on any atom is -0.374 e. The molecule has 0 aromatic heterocycles. The van der Waals surface area contributed by atoms with E-state index in [-0.39, 0.29) is 5.11 Å². The van der Waals surface area contributed by atoms with Gasteiger partial charge in [0.25, 0.3) is 0 Å². The van der Waals surface area contributed by atoms with Gasteiger partial charge >= 0.3 is 0 Å². The standard InChI is InChI=1S/C8H7ClN2S/c9-7-3-1-2-6(4-7)5-11-8(10)12/h1-5H,(H2,10,12)/b11-5+. The van der Waals surface area contributed by atoms with Crippen molar-refractivity contribution in [2.75, 3.05) is 0 Å². The summed E-state index contributed by atoms with van der Waals surface area (Å²) in [6.45, 7) is 0. The van der Waals surface area contributed by atoms with Gasteiger partial charge in [-0.2, -0.15) is 0 Å². The molecule has 1 aromatic rings. The highest BCUT2D eigenvalue weighted by Crippen LogP contribution is 2.08. The van der Waals surface area contributed by atoms with Crippen molar-refractivity contribution in [3.8, 4) is 0 Å². The SMILES string of the molecule is NC(=S)/N=C/c1cccc(Cl)c1. The first-order chi connectivity index (χ1) is 5.68. The summed E-state index contributed by atoms with van der Waals surface area (Å²) in [4.78, 5) is 3.76. The number of hydrogen-bond donors (Lipinski definition) is 1. The molecule has 4 heteroatoms. The van der Waals surface area contributed by atoms with Gasteiger partial charge in [0.15, 0.2) is 5.11 Å². The third kappa shape index (κ3) is 2.98. The Bertz CT molecular complexity index is 323. The fraction of sp³-hybridized carbons (Fsp3) is 0. The molecular weight excluding hydrogens is 192 g/mol. The minimum atomic E-state index is 0.120. The van der Waals surface area contributed by atoms with Crippen LogP contribution in [0, 0.1) is 0 Å². The van der Waals surface area contributed by atoms with Gasteiger partial charge in [0, 0.05) is 11.2 Å². The first-order valence-corrected chi connectivity index (χ1v) is 4.06. The van der Waals surface area contributed by atoms with Crippen LogP contribution in [0.1, 0.15) is 5.56 Å². The van der Waals surface area contributed by atoms with Crippen LogP contribution in [-0.2, 0) is 0 Å². The molecule has 0 unspecified atom stereocenters. The van der Waals surface area contributed by atoms with E-state index in [1.54, 1.807) is 18.3 Å². The molecule has 0 radical (unpaired) electrons. The van der Waals surface area contributed by atoms with E-state index in [4.69, 9.17) is 17.3 Å². The fourth-order valence-corrected chi connectivity index (χ4v) is 0.976. The van der Waals surface area contributed by atoms with Crippen molar-refractivity contribution in [3.63, 3.8) is 0 Å². The molecule has 2 nitrogen and oxygen atoms in total. The second-order valence-electron chi connectivity index (χ2n) is 2.15. The van der Waals surface area contributed by atoms with Crippen molar-refractivity contribution >= 4 is 35.1 Å². The second-order valence-corrected chi connectivity index (χ2v) is 3.01. The lowest BCUT2D eigenvalue weighted by Crippen LogP contribution is -2.03. The fourth-order valence-electron chi connectivity index (χ4n) is 0.725. The predicted octanol–water partition coefficient (Wildman–Crippen LogP) is 2.00. The molecule has 0 fully saturated rings. The molecular formula is C8H7ClN2S. The summed E-state index contributed by atoms with van der Waals surface area (Å²) >= 11 is 10.3. The van der Waals surface area contributed by atoms with Crippen molar-refractivity contribution in [2.24, 2.45) is 10.7 Å². The molecule has 0 saturated carbocycles. The van der Waals surface area contributed by atoms with Crippen LogP contribution in [0.2, 0.25) is 5.02 Å². The lowest BCUT2D eigenvalue weighted by Gasteiger charge is -1.92. The summed E-state index contributed by atoms with van der Waals surface area (Å²) in [5.74, 6) is 0. The number of hydrogen-bond acceptors (Lipinski definition) is 1. The maximum absolute atomic E-state index is 5.73. The van der Waals surface area contributed by atoms with Crippen LogP contribution < -0.4 is 5.73 Å². The van der Waals surface area contributed by atoms with Gasteiger partial charge < -0.3 is 5.73 Å². The highest BCUT2D eigenvalue weighted by molar-refractivity contribution is 7.80. The van der Waals surface area contributed by atoms with Crippen LogP contribution in [0.5, 0.6) is 0 Å². The first-order valence-electron chi connectivity index (χ1n) is 3.27. The zero-order valence-electron chi connectivity index (χ0n) is 6.20. The molecule has 0 atom stereocenters. The number of thiocarbonyl (C=S) groups is 1. The van der Waals surface area contributed by atoms with E-state index < -0.39 is 0 Å². The Kier molecular flexibility index (Phi) is 3.19. The zero-order chi connectivity index (χ0) is 8.97. The van der Waals surface area contributed by atoms with Crippen molar-refractivity contribution in [1.29, 1.82) is 0 Å². The van der Waals surface area contributed by atoms with Gasteiger partial charge in [-0.25, -0.2) is 4.99 Å². The number of aliphatic imine (C=N–C) groups is 1. The number of rotatable bonds is 1. The maximum Gasteiger partial charge on any atom is 0.190 e. The monoisotopic (exact) mass is 198 g/mol. The first kappa shape index (κ1) is 9.16. The average molecular weight is 199 g/mol. The van der Waals surface area contributed by atoms with E-state index in [1.165, 1.54) is 0 Å². The van der Waals surface area contributed by atoms with E-state index in [9.17, 15) is 0 Å². The summed E-state index contributed by atoms with van der Waals surface area (Å²) in [5, 5.41) is 0.789. The summed E-state index contributed by atoms with van der Waals surface area (Å²) in [5.41, 5.74) is 6.06. The number of nitrogens with two attached hydrogens (primary N) is 1. The van der Waals surface area contributed by atoms with Crippen LogP contribution in [-0.4, -0.2) is 11.3 Å². The Morgan fingerprint density at radius 1 is 1.58 bits per heavy atom. The van der Waals surface area contributed by atoms with E-state index in [2.05, 4.69) is 17.2 Å². The van der Waals surface area contributed by atoms with Gasteiger partial charge in [-0.3, -0.25) is 0 Å². The minimum absolute atomic E-state index is 0.120. The van der Waals surface area contributed by atoms with Crippen molar-refractivity contribution in [2.45, 2.75) is 0 Å². The molecule has 2 N–H and O–H groups in total. The Morgan fingerprint density at radius 3 is 2.92 bits per heavy atom. The normalized spacial score (nSPS) is 10.4. The van der Waals surface area contributed by atoms with Gasteiger partial charge in [-0.1, -0.05) is 23.7 Å². The molecule has 0 aliphatic rings. The molecule has 0 amide bonds. The lowest BCUT2D eigenvalue weighted by molar-refractivity contribution is 1.60. The molecule has 0 saturated heterocycles. The van der Waals surface area contributed by atoms with Crippen LogP contribution in [0.4, 0.5) is 0 Å². The molecule has 62 valence electrons. The lowest BCUT2D eigenvalue weighted by atomic mass is 10.2. The van der Waals surface area contributed by atoms with Gasteiger partial charge in [0.2, 0.25) is 0 Å². The van der Waals surface area contributed by atoms with Gasteiger partial charge in [0.05, 0.1) is 0 Å². The smallest absolute Gasteiger partial charge is 0.190 e. The van der Waals surface area contributed by atoms with E-state index in [0.717, 1.165) is 5.56 Å². The molecule has 0 aliphatic heterocycles. The predicted molar refractivity (Wildman–Crippen MR) is 55.8 cm³/mol. The second kappa shape index (κ2) is 4.18. The van der Waals surface area contributed by atoms with Crippen LogP contribution >= 0.6 is 23.8 Å². The summed E-state index contributed by atoms with van der Waals surface area (Å²) in [6, 6.07) is 7.28. The van der Waals surface area contributed by atoms with E-state index >= 15 is 0 Å². The molecule has 0 bridgehead atoms. The van der Waals surface area contributed by atoms with Crippen LogP contribution in [0.25, 0.3) is 0 Å². The van der Waals surface area contributed by atoms with Gasteiger partial charge in [-0.15, -0.1) is 0 Å². The van der Waals surface area contributed by atoms with E-state index in [1.807, 2.05) is 12.1 Å². The number of nitrogens with zero attached hydrogens (tertiary/aromatic N) is 1. The topological polar surface area (TPSA) is 38.4 Å². The highest BCUT2D eigenvalue weighted by atomic mass is 35.5. The Balaban J connectivity index is 2.83. The van der Waals surface area contributed by atoms with Crippen LogP contribution in [0.15, 0.2) is 29.3 Å². The zero-order valence-corrected chi connectivity index (χ0v) is 7.77. The molecule has 0 spiro atoms. The quantitative estimate of drug-likeness (QED) is 0.554. The van der Waals surface area contributed by atoms with Crippen molar-refractivity contribution in [3.05, 3.63) is 34.9 Å². The van der Waals surface area contributed by atoms with Crippen molar-refractivity contribution < 1.29 is 0 Å². The molecule has 1 rings (SSSR count).